The summed E-state index contributed by atoms with van der Waals surface area (Å²) in [5, 5.41) is 11.0. The van der Waals surface area contributed by atoms with Gasteiger partial charge in [-0.15, -0.1) is 0 Å². The zero-order chi connectivity index (χ0) is 16.3. The lowest BCUT2D eigenvalue weighted by atomic mass is 9.85. The maximum absolute atomic E-state index is 12.5. The smallest absolute Gasteiger partial charge is 0.273 e. The van der Waals surface area contributed by atoms with Crippen LogP contribution in [0.2, 0.25) is 0 Å². The average Bonchev–Trinajstić information content (AvgIpc) is 2.47. The quantitative estimate of drug-likeness (QED) is 0.631. The third-order valence-electron chi connectivity index (χ3n) is 4.21. The second kappa shape index (κ2) is 6.72. The van der Waals surface area contributed by atoms with Gasteiger partial charge < -0.3 is 5.73 Å². The van der Waals surface area contributed by atoms with Crippen molar-refractivity contribution in [3.8, 4) is 0 Å². The monoisotopic (exact) mass is 327 g/mol. The molecule has 0 aromatic heterocycles. The van der Waals surface area contributed by atoms with E-state index in [4.69, 9.17) is 5.73 Å². The predicted octanol–water partition coefficient (Wildman–Crippen LogP) is 1.70. The van der Waals surface area contributed by atoms with Crippen molar-refractivity contribution in [2.45, 2.75) is 43.5 Å². The van der Waals surface area contributed by atoms with Crippen LogP contribution in [0.15, 0.2) is 23.1 Å². The number of nitro benzene ring substituents is 1. The van der Waals surface area contributed by atoms with Gasteiger partial charge in [0.15, 0.2) is 0 Å². The van der Waals surface area contributed by atoms with Crippen molar-refractivity contribution in [2.24, 2.45) is 11.7 Å². The molecule has 0 aliphatic heterocycles. The number of benzene rings is 1. The number of nitro groups is 1. The molecule has 1 saturated carbocycles. The van der Waals surface area contributed by atoms with Gasteiger partial charge in [-0.05, 0) is 38.3 Å². The lowest BCUT2D eigenvalue weighted by molar-refractivity contribution is -0.385. The lowest BCUT2D eigenvalue weighted by Gasteiger charge is -2.31. The molecule has 1 aromatic rings. The fraction of sp³-hybridized carbons (Fsp3) is 0.571. The molecule has 2 rings (SSSR count). The summed E-state index contributed by atoms with van der Waals surface area (Å²) in [6.45, 7) is 2.01. The molecule has 0 heterocycles. The van der Waals surface area contributed by atoms with E-state index in [1.807, 2.05) is 0 Å². The van der Waals surface area contributed by atoms with Crippen molar-refractivity contribution in [1.82, 2.24) is 4.72 Å². The van der Waals surface area contributed by atoms with Crippen molar-refractivity contribution in [2.75, 3.05) is 6.54 Å². The van der Waals surface area contributed by atoms with Crippen LogP contribution in [0.3, 0.4) is 0 Å². The molecule has 8 heteroatoms. The van der Waals surface area contributed by atoms with Gasteiger partial charge in [0.25, 0.3) is 5.69 Å². The third kappa shape index (κ3) is 3.63. The number of nitrogens with two attached hydrogens (primary N) is 1. The summed E-state index contributed by atoms with van der Waals surface area (Å²) in [6.07, 6.45) is 3.65. The first-order valence-corrected chi connectivity index (χ1v) is 8.81. The van der Waals surface area contributed by atoms with Crippen LogP contribution in [-0.2, 0) is 10.0 Å². The van der Waals surface area contributed by atoms with Crippen LogP contribution in [0.25, 0.3) is 0 Å². The van der Waals surface area contributed by atoms with Crippen LogP contribution in [0.1, 0.15) is 31.2 Å². The molecule has 0 spiro atoms. The van der Waals surface area contributed by atoms with E-state index in [1.54, 1.807) is 6.92 Å². The number of aryl methyl sites for hydroxylation is 1. The van der Waals surface area contributed by atoms with Crippen LogP contribution in [0.5, 0.6) is 0 Å². The van der Waals surface area contributed by atoms with Gasteiger partial charge in [0.05, 0.1) is 9.82 Å². The molecule has 1 aliphatic rings. The van der Waals surface area contributed by atoms with E-state index in [9.17, 15) is 18.5 Å². The summed E-state index contributed by atoms with van der Waals surface area (Å²) in [4.78, 5) is 10.3. The molecule has 0 bridgehead atoms. The van der Waals surface area contributed by atoms with Gasteiger partial charge in [0.2, 0.25) is 10.0 Å². The highest BCUT2D eigenvalue weighted by molar-refractivity contribution is 7.89. The molecule has 3 N–H and O–H groups in total. The zero-order valence-electron chi connectivity index (χ0n) is 12.5. The minimum Gasteiger partial charge on any atom is -0.330 e. The highest BCUT2D eigenvalue weighted by atomic mass is 32.2. The zero-order valence-corrected chi connectivity index (χ0v) is 13.3. The van der Waals surface area contributed by atoms with Crippen molar-refractivity contribution in [3.63, 3.8) is 0 Å². The van der Waals surface area contributed by atoms with Crippen LogP contribution < -0.4 is 10.5 Å². The molecule has 2 atom stereocenters. The normalized spacial score (nSPS) is 22.5. The number of rotatable bonds is 5. The SMILES string of the molecule is Cc1ccc(S(=O)(=O)NC2CCCCC2CN)cc1[N+](=O)[O-]. The highest BCUT2D eigenvalue weighted by Crippen LogP contribution is 2.27. The molecule has 2 unspecified atom stereocenters. The largest absolute Gasteiger partial charge is 0.330 e. The summed E-state index contributed by atoms with van der Waals surface area (Å²) in [6, 6.07) is 3.75. The number of nitrogens with zero attached hydrogens (tertiary/aromatic N) is 1. The molecule has 1 aliphatic carbocycles. The molecule has 122 valence electrons. The number of hydrogen-bond donors (Lipinski definition) is 2. The Bertz CT molecular complexity index is 660. The number of sulfonamides is 1. The van der Waals surface area contributed by atoms with Gasteiger partial charge in [0.1, 0.15) is 0 Å². The fourth-order valence-corrected chi connectivity index (χ4v) is 4.22. The fourth-order valence-electron chi connectivity index (χ4n) is 2.87. The van der Waals surface area contributed by atoms with Crippen molar-refractivity contribution < 1.29 is 13.3 Å². The Morgan fingerprint density at radius 2 is 2.05 bits per heavy atom. The van der Waals surface area contributed by atoms with Gasteiger partial charge in [-0.3, -0.25) is 10.1 Å². The van der Waals surface area contributed by atoms with E-state index in [0.717, 1.165) is 31.7 Å². The second-order valence-corrected chi connectivity index (χ2v) is 7.43. The maximum Gasteiger partial charge on any atom is 0.273 e. The molecule has 1 aromatic carbocycles. The van der Waals surface area contributed by atoms with Crippen LogP contribution in [0, 0.1) is 23.0 Å². The van der Waals surface area contributed by atoms with E-state index >= 15 is 0 Å². The van der Waals surface area contributed by atoms with E-state index < -0.39 is 14.9 Å². The van der Waals surface area contributed by atoms with Crippen LogP contribution >= 0.6 is 0 Å². The Morgan fingerprint density at radius 3 is 2.68 bits per heavy atom. The highest BCUT2D eigenvalue weighted by Gasteiger charge is 2.29. The van der Waals surface area contributed by atoms with Gasteiger partial charge in [-0.25, -0.2) is 13.1 Å². The minimum atomic E-state index is -3.79. The second-order valence-electron chi connectivity index (χ2n) is 5.71. The van der Waals surface area contributed by atoms with Gasteiger partial charge in [-0.1, -0.05) is 18.9 Å². The van der Waals surface area contributed by atoms with Crippen molar-refractivity contribution >= 4 is 15.7 Å². The van der Waals surface area contributed by atoms with E-state index in [2.05, 4.69) is 4.72 Å². The maximum atomic E-state index is 12.5. The number of hydrogen-bond acceptors (Lipinski definition) is 5. The molecule has 1 fully saturated rings. The Morgan fingerprint density at radius 1 is 1.36 bits per heavy atom. The Hall–Kier alpha value is -1.51. The molecule has 0 saturated heterocycles. The average molecular weight is 327 g/mol. The Kier molecular flexibility index (Phi) is 5.15. The van der Waals surface area contributed by atoms with Gasteiger partial charge in [0, 0.05) is 17.7 Å². The van der Waals surface area contributed by atoms with Crippen molar-refractivity contribution in [1.29, 1.82) is 0 Å². The molecular formula is C14H21N3O4S. The summed E-state index contributed by atoms with van der Waals surface area (Å²) in [5.41, 5.74) is 5.95. The summed E-state index contributed by atoms with van der Waals surface area (Å²) in [5.74, 6) is 0.115. The van der Waals surface area contributed by atoms with E-state index in [1.165, 1.54) is 12.1 Å². The summed E-state index contributed by atoms with van der Waals surface area (Å²) in [7, 11) is -3.79. The standard InChI is InChI=1S/C14H21N3O4S/c1-10-6-7-12(8-14(10)17(18)19)22(20,21)16-13-5-3-2-4-11(13)9-15/h6-8,11,13,16H,2-5,9,15H2,1H3. The van der Waals surface area contributed by atoms with Crippen LogP contribution in [-0.4, -0.2) is 25.9 Å². The Balaban J connectivity index is 2.26. The molecule has 0 radical (unpaired) electrons. The first-order chi connectivity index (χ1) is 10.3. The van der Waals surface area contributed by atoms with E-state index in [-0.39, 0.29) is 22.5 Å². The molecule has 22 heavy (non-hydrogen) atoms. The molecule has 0 amide bonds. The lowest BCUT2D eigenvalue weighted by Crippen LogP contribution is -2.44. The van der Waals surface area contributed by atoms with Crippen molar-refractivity contribution in [3.05, 3.63) is 33.9 Å². The topological polar surface area (TPSA) is 115 Å². The van der Waals surface area contributed by atoms with E-state index in [0.29, 0.717) is 12.1 Å². The van der Waals surface area contributed by atoms with Gasteiger partial charge in [-0.2, -0.15) is 0 Å². The number of nitrogens with one attached hydrogen (secondary N) is 1. The first kappa shape index (κ1) is 16.9. The minimum absolute atomic E-state index is 0.0776. The summed E-state index contributed by atoms with van der Waals surface area (Å²) < 4.78 is 27.6. The Labute approximate surface area is 130 Å². The molecule has 7 nitrogen and oxygen atoms in total. The molecular weight excluding hydrogens is 306 g/mol. The van der Waals surface area contributed by atoms with Gasteiger partial charge >= 0.3 is 0 Å². The van der Waals surface area contributed by atoms with Crippen LogP contribution in [0.4, 0.5) is 5.69 Å². The third-order valence-corrected chi connectivity index (χ3v) is 5.69. The summed E-state index contributed by atoms with van der Waals surface area (Å²) >= 11 is 0. The predicted molar refractivity (Wildman–Crippen MR) is 83.0 cm³/mol. The first-order valence-electron chi connectivity index (χ1n) is 7.32.